The Morgan fingerprint density at radius 1 is 1.26 bits per heavy atom. The van der Waals surface area contributed by atoms with Gasteiger partial charge in [0.1, 0.15) is 5.01 Å². The SMILES string of the molecule is C=C1CCC(/C=C/CCc2cccc(-c3nc4cccc(C)c4s3)c2)N1CCSCCCC#N. The number of hydrogen-bond acceptors (Lipinski definition) is 5. The lowest BCUT2D eigenvalue weighted by Crippen LogP contribution is -2.28. The minimum atomic E-state index is 0.476. The largest absolute Gasteiger partial charge is 0.368 e. The number of thioether (sulfide) groups is 1. The molecule has 2 aromatic carbocycles. The van der Waals surface area contributed by atoms with Gasteiger partial charge in [-0.2, -0.15) is 17.0 Å². The van der Waals surface area contributed by atoms with Gasteiger partial charge in [0.25, 0.3) is 0 Å². The highest BCUT2D eigenvalue weighted by Crippen LogP contribution is 2.32. The second-order valence-electron chi connectivity index (χ2n) is 8.85. The van der Waals surface area contributed by atoms with E-state index in [4.69, 9.17) is 10.2 Å². The molecule has 1 aliphatic rings. The molecule has 5 heteroatoms. The molecule has 1 atom stereocenters. The van der Waals surface area contributed by atoms with E-state index < -0.39 is 0 Å². The van der Waals surface area contributed by atoms with Crippen LogP contribution in [0.25, 0.3) is 20.8 Å². The van der Waals surface area contributed by atoms with Gasteiger partial charge in [-0.25, -0.2) is 4.98 Å². The molecule has 4 rings (SSSR count). The summed E-state index contributed by atoms with van der Waals surface area (Å²) < 4.78 is 1.29. The van der Waals surface area contributed by atoms with Crippen molar-refractivity contribution in [3.8, 4) is 16.6 Å². The number of thiazole rings is 1. The van der Waals surface area contributed by atoms with Crippen molar-refractivity contribution >= 4 is 33.3 Å². The molecule has 1 aliphatic heterocycles. The molecule has 1 aromatic heterocycles. The lowest BCUT2D eigenvalue weighted by molar-refractivity contribution is 0.357. The van der Waals surface area contributed by atoms with Crippen molar-refractivity contribution < 1.29 is 0 Å². The predicted octanol–water partition coefficient (Wildman–Crippen LogP) is 7.78. The van der Waals surface area contributed by atoms with Gasteiger partial charge in [0.05, 0.1) is 16.3 Å². The van der Waals surface area contributed by atoms with Crippen LogP contribution in [0.1, 0.15) is 43.2 Å². The van der Waals surface area contributed by atoms with E-state index in [9.17, 15) is 0 Å². The molecule has 34 heavy (non-hydrogen) atoms. The molecule has 0 aliphatic carbocycles. The molecule has 3 nitrogen and oxygen atoms in total. The zero-order valence-corrected chi connectivity index (χ0v) is 21.6. The Kier molecular flexibility index (Phi) is 8.85. The number of allylic oxidation sites excluding steroid dienone is 2. The molecule has 0 amide bonds. The van der Waals surface area contributed by atoms with Crippen LogP contribution in [0.4, 0.5) is 0 Å². The van der Waals surface area contributed by atoms with Crippen LogP contribution in [0.3, 0.4) is 0 Å². The van der Waals surface area contributed by atoms with Crippen LogP contribution < -0.4 is 0 Å². The molecular formula is C29H33N3S2. The van der Waals surface area contributed by atoms with Crippen LogP contribution in [0.5, 0.6) is 0 Å². The van der Waals surface area contributed by atoms with Gasteiger partial charge in [-0.05, 0) is 68.0 Å². The Hall–Kier alpha value is -2.55. The number of aromatic nitrogens is 1. The summed E-state index contributed by atoms with van der Waals surface area (Å²) in [6.45, 7) is 7.49. The molecule has 0 N–H and O–H groups in total. The van der Waals surface area contributed by atoms with E-state index in [1.165, 1.54) is 33.5 Å². The molecule has 1 fully saturated rings. The maximum atomic E-state index is 8.65. The van der Waals surface area contributed by atoms with Gasteiger partial charge < -0.3 is 4.90 Å². The number of nitriles is 1. The molecule has 1 saturated heterocycles. The van der Waals surface area contributed by atoms with E-state index in [-0.39, 0.29) is 0 Å². The molecule has 3 aromatic rings. The van der Waals surface area contributed by atoms with Crippen LogP contribution in [0.2, 0.25) is 0 Å². The summed E-state index contributed by atoms with van der Waals surface area (Å²) in [4.78, 5) is 7.34. The van der Waals surface area contributed by atoms with E-state index in [1.54, 1.807) is 11.3 Å². The molecule has 0 spiro atoms. The number of likely N-dealkylation sites (tertiary alicyclic amines) is 1. The smallest absolute Gasteiger partial charge is 0.124 e. The Bertz CT molecular complexity index is 1190. The molecular weight excluding hydrogens is 454 g/mol. The van der Waals surface area contributed by atoms with Crippen LogP contribution >= 0.6 is 23.1 Å². The van der Waals surface area contributed by atoms with Gasteiger partial charge in [-0.1, -0.05) is 49.1 Å². The van der Waals surface area contributed by atoms with Crippen molar-refractivity contribution in [2.75, 3.05) is 18.1 Å². The van der Waals surface area contributed by atoms with Gasteiger partial charge in [-0.3, -0.25) is 0 Å². The Labute approximate surface area is 212 Å². The van der Waals surface area contributed by atoms with Crippen molar-refractivity contribution in [1.29, 1.82) is 5.26 Å². The first kappa shape index (κ1) is 24.6. The highest BCUT2D eigenvalue weighted by molar-refractivity contribution is 7.99. The third-order valence-corrected chi connectivity index (χ3v) is 8.64. The average molecular weight is 488 g/mol. The first-order chi connectivity index (χ1) is 16.7. The van der Waals surface area contributed by atoms with Crippen molar-refractivity contribution in [2.45, 2.75) is 51.5 Å². The Balaban J connectivity index is 1.29. The number of rotatable bonds is 11. The molecule has 0 saturated carbocycles. The number of aryl methyl sites for hydroxylation is 2. The van der Waals surface area contributed by atoms with Crippen LogP contribution in [0, 0.1) is 18.3 Å². The van der Waals surface area contributed by atoms with E-state index >= 15 is 0 Å². The lowest BCUT2D eigenvalue weighted by Gasteiger charge is -2.25. The minimum Gasteiger partial charge on any atom is -0.368 e. The van der Waals surface area contributed by atoms with Crippen molar-refractivity contribution in [1.82, 2.24) is 9.88 Å². The van der Waals surface area contributed by atoms with E-state index in [0.717, 1.165) is 54.3 Å². The summed E-state index contributed by atoms with van der Waals surface area (Å²) >= 11 is 3.74. The zero-order valence-electron chi connectivity index (χ0n) is 20.0. The fraction of sp³-hybridized carbons (Fsp3) is 0.379. The number of benzene rings is 2. The Morgan fingerprint density at radius 3 is 3.00 bits per heavy atom. The van der Waals surface area contributed by atoms with E-state index in [1.807, 2.05) is 11.8 Å². The highest BCUT2D eigenvalue weighted by Gasteiger charge is 2.23. The zero-order chi connectivity index (χ0) is 23.8. The van der Waals surface area contributed by atoms with Crippen molar-refractivity contribution in [3.63, 3.8) is 0 Å². The molecule has 1 unspecified atom stereocenters. The standard InChI is InChI=1S/C29H33N3S2/c1-22-9-7-14-27-28(22)34-29(31-27)25-12-8-11-24(21-25)10-3-4-13-26-16-15-23(2)32(26)18-20-33-19-6-5-17-30/h4,7-9,11-14,21,26H,2-3,5-6,10,15-16,18-20H2,1H3/b13-4+. The minimum absolute atomic E-state index is 0.476. The van der Waals surface area contributed by atoms with E-state index in [2.05, 4.69) is 79.1 Å². The number of fused-ring (bicyclic) bond motifs is 1. The van der Waals surface area contributed by atoms with Gasteiger partial charge in [0.15, 0.2) is 0 Å². The summed E-state index contributed by atoms with van der Waals surface area (Å²) in [5.41, 5.74) is 6.23. The highest BCUT2D eigenvalue weighted by atomic mass is 32.2. The summed E-state index contributed by atoms with van der Waals surface area (Å²) in [6, 6.07) is 17.9. The van der Waals surface area contributed by atoms with Gasteiger partial charge in [0.2, 0.25) is 0 Å². The quantitative estimate of drug-likeness (QED) is 0.204. The first-order valence-electron chi connectivity index (χ1n) is 12.2. The molecule has 0 radical (unpaired) electrons. The third kappa shape index (κ3) is 6.31. The number of hydrogen-bond donors (Lipinski definition) is 0. The van der Waals surface area contributed by atoms with Gasteiger partial charge in [-0.15, -0.1) is 11.3 Å². The summed E-state index contributed by atoms with van der Waals surface area (Å²) in [7, 11) is 0. The number of unbranched alkanes of at least 4 members (excludes halogenated alkanes) is 1. The van der Waals surface area contributed by atoms with Crippen LogP contribution in [0.15, 0.2) is 66.9 Å². The second-order valence-corrected chi connectivity index (χ2v) is 11.1. The fourth-order valence-corrected chi connectivity index (χ4v) is 6.37. The maximum absolute atomic E-state index is 8.65. The second kappa shape index (κ2) is 12.2. The average Bonchev–Trinajstić information content (AvgIpc) is 3.44. The monoisotopic (exact) mass is 487 g/mol. The van der Waals surface area contributed by atoms with Crippen LogP contribution in [-0.4, -0.2) is 34.0 Å². The van der Waals surface area contributed by atoms with E-state index in [0.29, 0.717) is 12.5 Å². The maximum Gasteiger partial charge on any atom is 0.124 e. The normalized spacial score (nSPS) is 16.1. The topological polar surface area (TPSA) is 39.9 Å². The summed E-state index contributed by atoms with van der Waals surface area (Å²) in [6.07, 6.45) is 10.7. The van der Waals surface area contributed by atoms with Gasteiger partial charge in [0, 0.05) is 36.0 Å². The summed E-state index contributed by atoms with van der Waals surface area (Å²) in [5.74, 6) is 2.18. The number of nitrogens with zero attached hydrogens (tertiary/aromatic N) is 3. The Morgan fingerprint density at radius 2 is 2.15 bits per heavy atom. The summed E-state index contributed by atoms with van der Waals surface area (Å²) in [5, 5.41) is 9.76. The molecule has 0 bridgehead atoms. The lowest BCUT2D eigenvalue weighted by atomic mass is 10.1. The van der Waals surface area contributed by atoms with Gasteiger partial charge >= 0.3 is 0 Å². The molecule has 176 valence electrons. The predicted molar refractivity (Wildman–Crippen MR) is 148 cm³/mol. The van der Waals surface area contributed by atoms with Crippen LogP contribution in [-0.2, 0) is 6.42 Å². The fourth-order valence-electron chi connectivity index (χ4n) is 4.46. The van der Waals surface area contributed by atoms with Crippen molar-refractivity contribution in [3.05, 3.63) is 78.0 Å². The first-order valence-corrected chi connectivity index (χ1v) is 14.1. The van der Waals surface area contributed by atoms with Crippen molar-refractivity contribution in [2.24, 2.45) is 0 Å². The third-order valence-electron chi connectivity index (χ3n) is 6.33. The molecule has 2 heterocycles.